The van der Waals surface area contributed by atoms with E-state index in [0.29, 0.717) is 23.8 Å². The molecule has 106 valence electrons. The Morgan fingerprint density at radius 1 is 1.50 bits per heavy atom. The van der Waals surface area contributed by atoms with Gasteiger partial charge in [-0.25, -0.2) is 14.8 Å². The third kappa shape index (κ3) is 3.11. The molecule has 2 rings (SSSR count). The summed E-state index contributed by atoms with van der Waals surface area (Å²) >= 11 is 0. The molecule has 0 aliphatic carbocycles. The van der Waals surface area contributed by atoms with Crippen LogP contribution in [0, 0.1) is 6.92 Å². The summed E-state index contributed by atoms with van der Waals surface area (Å²) in [5.41, 5.74) is 1.97. The number of aromatic nitrogens is 4. The molecule has 20 heavy (non-hydrogen) atoms. The van der Waals surface area contributed by atoms with Gasteiger partial charge in [-0.05, 0) is 20.8 Å². The molecule has 0 bridgehead atoms. The number of esters is 1. The van der Waals surface area contributed by atoms with Crippen LogP contribution in [0.2, 0.25) is 0 Å². The topological polar surface area (TPSA) is 92.8 Å². The zero-order chi connectivity index (χ0) is 14.5. The Morgan fingerprint density at radius 3 is 2.90 bits per heavy atom. The number of carbonyl (C=O) groups excluding carboxylic acids is 1. The lowest BCUT2D eigenvalue weighted by Crippen LogP contribution is -2.13. The molecule has 2 aromatic rings. The fraction of sp³-hybridized carbons (Fsp3) is 0.385. The van der Waals surface area contributed by atoms with Crippen LogP contribution < -0.4 is 5.32 Å². The minimum Gasteiger partial charge on any atom is -0.462 e. The van der Waals surface area contributed by atoms with Gasteiger partial charge in [0.15, 0.2) is 0 Å². The molecule has 0 radical (unpaired) electrons. The van der Waals surface area contributed by atoms with Crippen LogP contribution in [0.15, 0.2) is 18.6 Å². The number of hydrogen-bond acceptors (Lipinski definition) is 6. The molecule has 0 aliphatic heterocycles. The molecule has 0 aliphatic rings. The van der Waals surface area contributed by atoms with Crippen molar-refractivity contribution in [3.8, 4) is 0 Å². The Hall–Kier alpha value is -2.44. The van der Waals surface area contributed by atoms with Gasteiger partial charge in [0.05, 0.1) is 30.1 Å². The number of aromatic amines is 1. The predicted molar refractivity (Wildman–Crippen MR) is 73.4 cm³/mol. The van der Waals surface area contributed by atoms with Gasteiger partial charge in [0.25, 0.3) is 0 Å². The third-order valence-electron chi connectivity index (χ3n) is 2.84. The van der Waals surface area contributed by atoms with E-state index in [2.05, 4.69) is 25.5 Å². The maximum absolute atomic E-state index is 11.7. The van der Waals surface area contributed by atoms with Gasteiger partial charge in [-0.1, -0.05) is 0 Å². The number of carbonyl (C=O) groups is 1. The van der Waals surface area contributed by atoms with Gasteiger partial charge >= 0.3 is 5.97 Å². The monoisotopic (exact) mass is 275 g/mol. The first kappa shape index (κ1) is 14.0. The first-order valence-corrected chi connectivity index (χ1v) is 6.37. The molecule has 2 aromatic heterocycles. The normalized spacial score (nSPS) is 11.9. The van der Waals surface area contributed by atoms with Crippen molar-refractivity contribution in [1.82, 2.24) is 20.2 Å². The van der Waals surface area contributed by atoms with E-state index in [1.54, 1.807) is 26.2 Å². The van der Waals surface area contributed by atoms with Crippen molar-refractivity contribution < 1.29 is 9.53 Å². The molecule has 0 saturated heterocycles. The molecule has 0 aromatic carbocycles. The molecule has 7 nitrogen and oxygen atoms in total. The minimum atomic E-state index is -0.403. The van der Waals surface area contributed by atoms with Gasteiger partial charge in [0, 0.05) is 18.0 Å². The first-order chi connectivity index (χ1) is 9.61. The van der Waals surface area contributed by atoms with E-state index >= 15 is 0 Å². The summed E-state index contributed by atoms with van der Waals surface area (Å²) in [6.07, 6.45) is 5.01. The number of rotatable bonds is 5. The largest absolute Gasteiger partial charge is 0.462 e. The number of H-pyrrole nitrogens is 1. The second kappa shape index (κ2) is 6.14. The van der Waals surface area contributed by atoms with E-state index in [-0.39, 0.29) is 6.04 Å². The van der Waals surface area contributed by atoms with Gasteiger partial charge in [0.2, 0.25) is 5.95 Å². The first-order valence-electron chi connectivity index (χ1n) is 6.37. The molecular weight excluding hydrogens is 258 g/mol. The maximum atomic E-state index is 11.7. The average molecular weight is 275 g/mol. The SMILES string of the molecule is CCOC(=O)c1cnc(NC(C)c2cn[nH]c2)nc1C. The summed E-state index contributed by atoms with van der Waals surface area (Å²) in [5, 5.41) is 9.80. The van der Waals surface area contributed by atoms with Crippen LogP contribution in [0.3, 0.4) is 0 Å². The molecule has 0 spiro atoms. The van der Waals surface area contributed by atoms with Crippen molar-refractivity contribution in [2.24, 2.45) is 0 Å². The summed E-state index contributed by atoms with van der Waals surface area (Å²) in [5.74, 6) is 0.0590. The Kier molecular flexibility index (Phi) is 4.29. The molecule has 2 heterocycles. The van der Waals surface area contributed by atoms with E-state index in [0.717, 1.165) is 5.56 Å². The summed E-state index contributed by atoms with van der Waals surface area (Å²) in [4.78, 5) is 20.1. The van der Waals surface area contributed by atoms with E-state index in [9.17, 15) is 4.79 Å². The zero-order valence-electron chi connectivity index (χ0n) is 11.7. The highest BCUT2D eigenvalue weighted by atomic mass is 16.5. The Bertz CT molecular complexity index is 582. The fourth-order valence-corrected chi connectivity index (χ4v) is 1.72. The van der Waals surface area contributed by atoms with Crippen molar-refractivity contribution >= 4 is 11.9 Å². The lowest BCUT2D eigenvalue weighted by molar-refractivity contribution is 0.0524. The number of anilines is 1. The molecule has 0 saturated carbocycles. The molecule has 0 fully saturated rings. The Morgan fingerprint density at radius 2 is 2.30 bits per heavy atom. The lowest BCUT2D eigenvalue weighted by Gasteiger charge is -2.13. The summed E-state index contributed by atoms with van der Waals surface area (Å²) < 4.78 is 4.94. The van der Waals surface area contributed by atoms with E-state index in [1.807, 2.05) is 6.92 Å². The van der Waals surface area contributed by atoms with Crippen molar-refractivity contribution in [2.45, 2.75) is 26.8 Å². The van der Waals surface area contributed by atoms with Crippen LogP contribution >= 0.6 is 0 Å². The quantitative estimate of drug-likeness (QED) is 0.809. The third-order valence-corrected chi connectivity index (χ3v) is 2.84. The van der Waals surface area contributed by atoms with Crippen molar-refractivity contribution in [3.63, 3.8) is 0 Å². The molecule has 0 amide bonds. The second-order valence-corrected chi connectivity index (χ2v) is 4.31. The zero-order valence-corrected chi connectivity index (χ0v) is 11.7. The number of nitrogens with zero attached hydrogens (tertiary/aromatic N) is 3. The van der Waals surface area contributed by atoms with E-state index in [1.165, 1.54) is 6.20 Å². The van der Waals surface area contributed by atoms with E-state index < -0.39 is 5.97 Å². The standard InChI is InChI=1S/C13H17N5O2/c1-4-20-12(19)11-7-14-13(18-9(11)3)17-8(2)10-5-15-16-6-10/h5-8H,4H2,1-3H3,(H,15,16)(H,14,17,18). The molecule has 2 N–H and O–H groups in total. The Labute approximate surface area is 116 Å². The smallest absolute Gasteiger partial charge is 0.341 e. The van der Waals surface area contributed by atoms with Crippen molar-refractivity contribution in [2.75, 3.05) is 11.9 Å². The van der Waals surface area contributed by atoms with Crippen molar-refractivity contribution in [1.29, 1.82) is 0 Å². The van der Waals surface area contributed by atoms with E-state index in [4.69, 9.17) is 4.74 Å². The van der Waals surface area contributed by atoms with Crippen LogP contribution in [-0.4, -0.2) is 32.7 Å². The number of aryl methyl sites for hydroxylation is 1. The highest BCUT2D eigenvalue weighted by Gasteiger charge is 2.14. The van der Waals surface area contributed by atoms with Gasteiger partial charge in [-0.2, -0.15) is 5.10 Å². The average Bonchev–Trinajstić information content (AvgIpc) is 2.93. The Balaban J connectivity index is 2.11. The second-order valence-electron chi connectivity index (χ2n) is 4.31. The van der Waals surface area contributed by atoms with Crippen LogP contribution in [0.25, 0.3) is 0 Å². The number of nitrogens with one attached hydrogen (secondary N) is 2. The van der Waals surface area contributed by atoms with Crippen LogP contribution in [-0.2, 0) is 4.74 Å². The van der Waals surface area contributed by atoms with Gasteiger partial charge < -0.3 is 10.1 Å². The highest BCUT2D eigenvalue weighted by molar-refractivity contribution is 5.90. The van der Waals surface area contributed by atoms with Crippen molar-refractivity contribution in [3.05, 3.63) is 35.4 Å². The highest BCUT2D eigenvalue weighted by Crippen LogP contribution is 2.16. The molecule has 7 heteroatoms. The van der Waals surface area contributed by atoms with Gasteiger partial charge in [0.1, 0.15) is 0 Å². The van der Waals surface area contributed by atoms with Gasteiger partial charge in [-0.15, -0.1) is 0 Å². The fourth-order valence-electron chi connectivity index (χ4n) is 1.72. The minimum absolute atomic E-state index is 0.0154. The van der Waals surface area contributed by atoms with Crippen LogP contribution in [0.4, 0.5) is 5.95 Å². The maximum Gasteiger partial charge on any atom is 0.341 e. The van der Waals surface area contributed by atoms with Gasteiger partial charge in [-0.3, -0.25) is 5.10 Å². The molecule has 1 unspecified atom stereocenters. The summed E-state index contributed by atoms with van der Waals surface area (Å²) in [6, 6.07) is 0.0154. The predicted octanol–water partition coefficient (Wildman–Crippen LogP) is 1.86. The number of hydrogen-bond donors (Lipinski definition) is 2. The van der Waals surface area contributed by atoms with Crippen LogP contribution in [0.1, 0.15) is 41.5 Å². The summed E-state index contributed by atoms with van der Waals surface area (Å²) in [7, 11) is 0. The molecule has 1 atom stereocenters. The van der Waals surface area contributed by atoms with Crippen LogP contribution in [0.5, 0.6) is 0 Å². The summed E-state index contributed by atoms with van der Waals surface area (Å²) in [6.45, 7) is 5.82. The number of ether oxygens (including phenoxy) is 1. The lowest BCUT2D eigenvalue weighted by atomic mass is 10.2. The molecular formula is C13H17N5O2.